The Morgan fingerprint density at radius 1 is 1.54 bits per heavy atom. The van der Waals surface area contributed by atoms with Gasteiger partial charge in [-0.1, -0.05) is 6.07 Å². The molecule has 4 nitrogen and oxygen atoms in total. The number of nitrogens with one attached hydrogen (secondary N) is 1. The predicted octanol–water partition coefficient (Wildman–Crippen LogP) is 0.701. The number of anilines is 1. The molecule has 0 aromatic heterocycles. The maximum atomic E-state index is 9.98. The fraction of sp³-hybridized carbons (Fsp3) is 0.111. The van der Waals surface area contributed by atoms with Gasteiger partial charge >= 0.3 is 0 Å². The van der Waals surface area contributed by atoms with Gasteiger partial charge in [-0.3, -0.25) is 4.79 Å². The van der Waals surface area contributed by atoms with E-state index < -0.39 is 0 Å². The van der Waals surface area contributed by atoms with E-state index in [-0.39, 0.29) is 0 Å². The summed E-state index contributed by atoms with van der Waals surface area (Å²) in [6.07, 6.45) is 0.580. The first kappa shape index (κ1) is 11.1. The first-order chi connectivity index (χ1) is 6.36. The number of amides is 1. The molecule has 0 heterocycles. The van der Waals surface area contributed by atoms with Crippen LogP contribution in [-0.2, 0) is 4.79 Å². The number of hydrogen-bond acceptors (Lipinski definition) is 3. The molecule has 0 saturated heterocycles. The molecule has 0 aliphatic carbocycles. The third kappa shape index (κ3) is 3.89. The zero-order valence-corrected chi connectivity index (χ0v) is 7.32. The molecule has 0 aliphatic heterocycles. The number of carbonyl (C=O) groups is 1. The number of carbonyl (C=O) groups excluding carboxylic acids is 1. The lowest BCUT2D eigenvalue weighted by molar-refractivity contribution is -0.105. The minimum Gasteiger partial charge on any atom is -0.333 e. The molecule has 0 atom stereocenters. The van der Waals surface area contributed by atoms with E-state index in [1.807, 2.05) is 6.07 Å². The van der Waals surface area contributed by atoms with Crippen LogP contribution in [0.4, 0.5) is 5.69 Å². The van der Waals surface area contributed by atoms with Crippen molar-refractivity contribution in [2.45, 2.75) is 0 Å². The zero-order chi connectivity index (χ0) is 10.1. The van der Waals surface area contributed by atoms with Crippen molar-refractivity contribution in [3.63, 3.8) is 0 Å². The highest BCUT2D eigenvalue weighted by Crippen LogP contribution is 2.07. The van der Waals surface area contributed by atoms with Gasteiger partial charge in [-0.05, 0) is 25.2 Å². The molecule has 0 saturated carbocycles. The number of nitrogens with two attached hydrogens (primary N) is 1. The van der Waals surface area contributed by atoms with Crippen molar-refractivity contribution in [1.29, 1.82) is 5.26 Å². The SMILES string of the molecule is CN.N#Cc1cccc(NC=O)c1. The monoisotopic (exact) mass is 177 g/mol. The van der Waals surface area contributed by atoms with Gasteiger partial charge in [0.15, 0.2) is 0 Å². The minimum absolute atomic E-state index is 0.539. The summed E-state index contributed by atoms with van der Waals surface area (Å²) < 4.78 is 0. The highest BCUT2D eigenvalue weighted by Gasteiger charge is 1.91. The van der Waals surface area contributed by atoms with Crippen molar-refractivity contribution >= 4 is 12.1 Å². The van der Waals surface area contributed by atoms with Gasteiger partial charge in [0, 0.05) is 5.69 Å². The number of benzene rings is 1. The highest BCUT2D eigenvalue weighted by molar-refractivity contribution is 5.71. The quantitative estimate of drug-likeness (QED) is 0.652. The van der Waals surface area contributed by atoms with E-state index in [9.17, 15) is 4.79 Å². The van der Waals surface area contributed by atoms with E-state index in [0.717, 1.165) is 0 Å². The summed E-state index contributed by atoms with van der Waals surface area (Å²) in [4.78, 5) is 9.98. The molecule has 3 N–H and O–H groups in total. The second kappa shape index (κ2) is 6.83. The Labute approximate surface area is 77.0 Å². The molecule has 0 aliphatic rings. The normalized spacial score (nSPS) is 7.46. The molecule has 0 radical (unpaired) electrons. The fourth-order valence-corrected chi connectivity index (χ4v) is 0.747. The molecule has 0 bridgehead atoms. The Morgan fingerprint density at radius 2 is 2.23 bits per heavy atom. The molecule has 1 aromatic rings. The van der Waals surface area contributed by atoms with E-state index >= 15 is 0 Å². The van der Waals surface area contributed by atoms with E-state index in [1.165, 1.54) is 7.05 Å². The minimum atomic E-state index is 0.539. The Balaban J connectivity index is 0.000000671. The van der Waals surface area contributed by atoms with Crippen molar-refractivity contribution in [3.8, 4) is 6.07 Å². The van der Waals surface area contributed by atoms with Gasteiger partial charge in [0.2, 0.25) is 6.41 Å². The molecule has 4 heteroatoms. The maximum absolute atomic E-state index is 9.98. The smallest absolute Gasteiger partial charge is 0.211 e. The lowest BCUT2D eigenvalue weighted by atomic mass is 10.2. The number of nitriles is 1. The molecule has 1 aromatic carbocycles. The third-order valence-electron chi connectivity index (χ3n) is 1.22. The second-order valence-electron chi connectivity index (χ2n) is 1.95. The van der Waals surface area contributed by atoms with Gasteiger partial charge < -0.3 is 11.1 Å². The van der Waals surface area contributed by atoms with Crippen LogP contribution in [0.5, 0.6) is 0 Å². The first-order valence-electron chi connectivity index (χ1n) is 3.65. The summed E-state index contributed by atoms with van der Waals surface area (Å²) in [5.41, 5.74) is 5.68. The van der Waals surface area contributed by atoms with Crippen molar-refractivity contribution in [2.75, 3.05) is 12.4 Å². The highest BCUT2D eigenvalue weighted by atomic mass is 16.1. The zero-order valence-electron chi connectivity index (χ0n) is 7.32. The molecule has 0 unspecified atom stereocenters. The van der Waals surface area contributed by atoms with Crippen LogP contribution in [0, 0.1) is 11.3 Å². The topological polar surface area (TPSA) is 78.9 Å². The van der Waals surface area contributed by atoms with Crippen LogP contribution in [0.2, 0.25) is 0 Å². The van der Waals surface area contributed by atoms with Crippen molar-refractivity contribution in [1.82, 2.24) is 0 Å². The Kier molecular flexibility index (Phi) is 5.85. The maximum Gasteiger partial charge on any atom is 0.211 e. The van der Waals surface area contributed by atoms with Gasteiger partial charge in [0.05, 0.1) is 11.6 Å². The second-order valence-corrected chi connectivity index (χ2v) is 1.95. The Bertz CT molecular complexity index is 304. The van der Waals surface area contributed by atoms with Crippen molar-refractivity contribution < 1.29 is 4.79 Å². The molecule has 0 spiro atoms. The van der Waals surface area contributed by atoms with Gasteiger partial charge in [0.25, 0.3) is 0 Å². The van der Waals surface area contributed by atoms with Gasteiger partial charge in [-0.15, -0.1) is 0 Å². The molecule has 1 rings (SSSR count). The number of hydrogen-bond donors (Lipinski definition) is 2. The number of nitrogens with zero attached hydrogens (tertiary/aromatic N) is 1. The molecular weight excluding hydrogens is 166 g/mol. The van der Waals surface area contributed by atoms with Crippen LogP contribution in [-0.4, -0.2) is 13.5 Å². The van der Waals surface area contributed by atoms with Crippen LogP contribution >= 0.6 is 0 Å². The van der Waals surface area contributed by atoms with E-state index in [2.05, 4.69) is 11.1 Å². The molecule has 13 heavy (non-hydrogen) atoms. The summed E-state index contributed by atoms with van der Waals surface area (Å²) in [5.74, 6) is 0. The third-order valence-corrected chi connectivity index (χ3v) is 1.22. The van der Waals surface area contributed by atoms with E-state index in [4.69, 9.17) is 5.26 Å². The molecule has 1 amide bonds. The van der Waals surface area contributed by atoms with Gasteiger partial charge in [-0.2, -0.15) is 5.26 Å². The lowest BCUT2D eigenvalue weighted by Gasteiger charge is -1.96. The summed E-state index contributed by atoms with van der Waals surface area (Å²) in [6.45, 7) is 0. The molecular formula is C9H11N3O. The standard InChI is InChI=1S/C8H6N2O.CH5N/c9-5-7-2-1-3-8(4-7)10-6-11;1-2/h1-4,6H,(H,10,11);2H2,1H3. The number of rotatable bonds is 2. The van der Waals surface area contributed by atoms with E-state index in [0.29, 0.717) is 17.7 Å². The van der Waals surface area contributed by atoms with Crippen LogP contribution in [0.25, 0.3) is 0 Å². The van der Waals surface area contributed by atoms with Gasteiger partial charge in [-0.25, -0.2) is 0 Å². The van der Waals surface area contributed by atoms with Crippen LogP contribution < -0.4 is 11.1 Å². The Morgan fingerprint density at radius 3 is 2.77 bits per heavy atom. The van der Waals surface area contributed by atoms with Crippen LogP contribution in [0.3, 0.4) is 0 Å². The Hall–Kier alpha value is -1.86. The molecule has 68 valence electrons. The van der Waals surface area contributed by atoms with Gasteiger partial charge in [0.1, 0.15) is 0 Å². The summed E-state index contributed by atoms with van der Waals surface area (Å²) in [6, 6.07) is 8.68. The fourth-order valence-electron chi connectivity index (χ4n) is 0.747. The van der Waals surface area contributed by atoms with Crippen molar-refractivity contribution in [3.05, 3.63) is 29.8 Å². The van der Waals surface area contributed by atoms with Crippen LogP contribution in [0.15, 0.2) is 24.3 Å². The largest absolute Gasteiger partial charge is 0.333 e. The van der Waals surface area contributed by atoms with E-state index in [1.54, 1.807) is 24.3 Å². The first-order valence-corrected chi connectivity index (χ1v) is 3.65. The summed E-state index contributed by atoms with van der Waals surface area (Å²) in [7, 11) is 1.50. The van der Waals surface area contributed by atoms with Crippen molar-refractivity contribution in [2.24, 2.45) is 5.73 Å². The average molecular weight is 177 g/mol. The summed E-state index contributed by atoms with van der Waals surface area (Å²) in [5, 5.41) is 10.9. The average Bonchev–Trinajstić information content (AvgIpc) is 2.22. The van der Waals surface area contributed by atoms with Crippen LogP contribution in [0.1, 0.15) is 5.56 Å². The summed E-state index contributed by atoms with van der Waals surface area (Å²) >= 11 is 0. The molecule has 0 fully saturated rings. The predicted molar refractivity (Wildman–Crippen MR) is 51.0 cm³/mol. The lowest BCUT2D eigenvalue weighted by Crippen LogP contribution is -1.92.